The summed E-state index contributed by atoms with van der Waals surface area (Å²) in [6, 6.07) is 0. The van der Waals surface area contributed by atoms with Gasteiger partial charge in [0.1, 0.15) is 6.10 Å². The van der Waals surface area contributed by atoms with E-state index in [0.717, 1.165) is 12.8 Å². The topological polar surface area (TPSA) is 49.8 Å². The maximum Gasteiger partial charge on any atom is 0.251 e. The Kier molecular flexibility index (Phi) is 4.90. The molecule has 0 aliphatic carbocycles. The number of ether oxygens (including phenoxy) is 1. The largest absolute Gasteiger partial charge is 0.396 e. The maximum absolute atomic E-state index is 11.8. The van der Waals surface area contributed by atoms with Gasteiger partial charge in [-0.1, -0.05) is 0 Å². The Hall–Kier alpha value is -0.610. The molecule has 1 aliphatic heterocycles. The van der Waals surface area contributed by atoms with Gasteiger partial charge in [-0.25, -0.2) is 0 Å². The van der Waals surface area contributed by atoms with Crippen LogP contribution in [-0.2, 0) is 9.53 Å². The molecule has 14 heavy (non-hydrogen) atoms. The van der Waals surface area contributed by atoms with Crippen LogP contribution in [0.3, 0.4) is 0 Å². The van der Waals surface area contributed by atoms with Crippen molar-refractivity contribution in [3.05, 3.63) is 0 Å². The summed E-state index contributed by atoms with van der Waals surface area (Å²) in [4.78, 5) is 13.6. The highest BCUT2D eigenvalue weighted by molar-refractivity contribution is 5.81. The Labute approximate surface area is 84.8 Å². The van der Waals surface area contributed by atoms with Crippen molar-refractivity contribution in [2.45, 2.75) is 32.3 Å². The van der Waals surface area contributed by atoms with Crippen LogP contribution in [0.5, 0.6) is 0 Å². The van der Waals surface area contributed by atoms with Crippen molar-refractivity contribution in [3.63, 3.8) is 0 Å². The van der Waals surface area contributed by atoms with Gasteiger partial charge >= 0.3 is 0 Å². The Morgan fingerprint density at radius 3 is 2.93 bits per heavy atom. The fourth-order valence-corrected chi connectivity index (χ4v) is 1.66. The summed E-state index contributed by atoms with van der Waals surface area (Å²) < 4.78 is 5.32. The molecule has 1 aliphatic rings. The predicted molar refractivity (Wildman–Crippen MR) is 52.9 cm³/mol. The van der Waals surface area contributed by atoms with E-state index >= 15 is 0 Å². The Morgan fingerprint density at radius 2 is 2.43 bits per heavy atom. The van der Waals surface area contributed by atoms with E-state index in [9.17, 15) is 4.79 Å². The van der Waals surface area contributed by atoms with Gasteiger partial charge in [-0.3, -0.25) is 4.79 Å². The lowest BCUT2D eigenvalue weighted by Gasteiger charge is -2.23. The monoisotopic (exact) mass is 201 g/mol. The molecule has 1 fully saturated rings. The number of carbonyl (C=O) groups excluding carboxylic acids is 1. The Bertz CT molecular complexity index is 178. The van der Waals surface area contributed by atoms with E-state index in [-0.39, 0.29) is 18.6 Å². The van der Waals surface area contributed by atoms with Crippen LogP contribution in [0, 0.1) is 0 Å². The van der Waals surface area contributed by atoms with Gasteiger partial charge in [0.2, 0.25) is 0 Å². The smallest absolute Gasteiger partial charge is 0.251 e. The molecular weight excluding hydrogens is 182 g/mol. The summed E-state index contributed by atoms with van der Waals surface area (Å²) in [6.07, 6.45) is 2.24. The van der Waals surface area contributed by atoms with Gasteiger partial charge in [-0.15, -0.1) is 0 Å². The Balaban J connectivity index is 2.37. The minimum Gasteiger partial charge on any atom is -0.396 e. The molecule has 4 nitrogen and oxygen atoms in total. The van der Waals surface area contributed by atoms with Crippen LogP contribution in [0.2, 0.25) is 0 Å². The molecule has 0 aromatic carbocycles. The van der Waals surface area contributed by atoms with Gasteiger partial charge < -0.3 is 14.7 Å². The molecule has 0 bridgehead atoms. The van der Waals surface area contributed by atoms with Gasteiger partial charge in [0, 0.05) is 26.3 Å². The Morgan fingerprint density at radius 1 is 1.64 bits per heavy atom. The predicted octanol–water partition coefficient (Wildman–Crippen LogP) is 0.396. The van der Waals surface area contributed by atoms with Crippen molar-refractivity contribution in [1.29, 1.82) is 0 Å². The van der Waals surface area contributed by atoms with Crippen LogP contribution in [-0.4, -0.2) is 48.3 Å². The maximum atomic E-state index is 11.8. The number of hydrogen-bond donors (Lipinski definition) is 1. The molecule has 0 spiro atoms. The number of rotatable bonds is 5. The summed E-state index contributed by atoms with van der Waals surface area (Å²) in [5.41, 5.74) is 0. The molecule has 1 heterocycles. The van der Waals surface area contributed by atoms with Crippen LogP contribution in [0.15, 0.2) is 0 Å². The van der Waals surface area contributed by atoms with E-state index in [2.05, 4.69) is 0 Å². The van der Waals surface area contributed by atoms with Gasteiger partial charge in [0.25, 0.3) is 5.91 Å². The molecule has 4 heteroatoms. The molecule has 1 saturated heterocycles. The zero-order chi connectivity index (χ0) is 10.4. The molecule has 1 rings (SSSR count). The zero-order valence-electron chi connectivity index (χ0n) is 8.74. The average molecular weight is 201 g/mol. The summed E-state index contributed by atoms with van der Waals surface area (Å²) in [7, 11) is 0. The molecular formula is C10H19NO3. The fourth-order valence-electron chi connectivity index (χ4n) is 1.66. The van der Waals surface area contributed by atoms with E-state index in [4.69, 9.17) is 9.84 Å². The quantitative estimate of drug-likeness (QED) is 0.700. The number of carbonyl (C=O) groups is 1. The highest BCUT2D eigenvalue weighted by Gasteiger charge is 2.26. The lowest BCUT2D eigenvalue weighted by atomic mass is 10.2. The molecule has 1 unspecified atom stereocenters. The molecule has 1 amide bonds. The van der Waals surface area contributed by atoms with Crippen LogP contribution in [0.25, 0.3) is 0 Å². The second-order valence-corrected chi connectivity index (χ2v) is 3.50. The van der Waals surface area contributed by atoms with E-state index in [1.54, 1.807) is 4.90 Å². The van der Waals surface area contributed by atoms with E-state index in [1.165, 1.54) is 0 Å². The standard InChI is InChI=1S/C10H19NO3/c1-2-11(6-4-7-12)10(13)9-5-3-8-14-9/h9,12H,2-8H2,1H3. The summed E-state index contributed by atoms with van der Waals surface area (Å²) in [6.45, 7) is 4.11. The van der Waals surface area contributed by atoms with Crippen LogP contribution < -0.4 is 0 Å². The molecule has 0 saturated carbocycles. The average Bonchev–Trinajstić information content (AvgIpc) is 2.71. The minimum atomic E-state index is -0.228. The van der Waals surface area contributed by atoms with Crippen molar-refractivity contribution in [2.24, 2.45) is 0 Å². The number of amides is 1. The molecule has 0 radical (unpaired) electrons. The van der Waals surface area contributed by atoms with Crippen molar-refractivity contribution in [2.75, 3.05) is 26.3 Å². The zero-order valence-corrected chi connectivity index (χ0v) is 8.74. The summed E-state index contributed by atoms with van der Waals surface area (Å²) in [5, 5.41) is 8.69. The minimum absolute atomic E-state index is 0.0819. The first kappa shape index (κ1) is 11.5. The molecule has 0 aromatic heterocycles. The molecule has 0 aromatic rings. The third-order valence-electron chi connectivity index (χ3n) is 2.48. The normalized spacial score (nSPS) is 21.1. The third-order valence-corrected chi connectivity index (χ3v) is 2.48. The second kappa shape index (κ2) is 5.98. The first-order valence-corrected chi connectivity index (χ1v) is 5.30. The van der Waals surface area contributed by atoms with E-state index < -0.39 is 0 Å². The van der Waals surface area contributed by atoms with Crippen LogP contribution in [0.4, 0.5) is 0 Å². The van der Waals surface area contributed by atoms with Crippen molar-refractivity contribution in [3.8, 4) is 0 Å². The second-order valence-electron chi connectivity index (χ2n) is 3.50. The number of likely N-dealkylation sites (N-methyl/N-ethyl adjacent to an activating group) is 1. The molecule has 82 valence electrons. The number of nitrogens with zero attached hydrogens (tertiary/aromatic N) is 1. The van der Waals surface area contributed by atoms with E-state index in [1.807, 2.05) is 6.92 Å². The first-order valence-electron chi connectivity index (χ1n) is 5.30. The summed E-state index contributed by atoms with van der Waals surface area (Å²) >= 11 is 0. The molecule has 1 N–H and O–H groups in total. The first-order chi connectivity index (χ1) is 6.79. The van der Waals surface area contributed by atoms with Crippen molar-refractivity contribution in [1.82, 2.24) is 4.90 Å². The third kappa shape index (κ3) is 2.96. The highest BCUT2D eigenvalue weighted by Crippen LogP contribution is 2.14. The number of aliphatic hydroxyl groups is 1. The van der Waals surface area contributed by atoms with Gasteiger partial charge in [-0.2, -0.15) is 0 Å². The van der Waals surface area contributed by atoms with Crippen molar-refractivity contribution >= 4 is 5.91 Å². The number of hydrogen-bond acceptors (Lipinski definition) is 3. The lowest BCUT2D eigenvalue weighted by Crippen LogP contribution is -2.39. The van der Waals surface area contributed by atoms with Crippen LogP contribution in [0.1, 0.15) is 26.2 Å². The van der Waals surface area contributed by atoms with Crippen molar-refractivity contribution < 1.29 is 14.6 Å². The number of aliphatic hydroxyl groups excluding tert-OH is 1. The van der Waals surface area contributed by atoms with E-state index in [0.29, 0.717) is 26.1 Å². The highest BCUT2D eigenvalue weighted by atomic mass is 16.5. The fraction of sp³-hybridized carbons (Fsp3) is 0.900. The van der Waals surface area contributed by atoms with Gasteiger partial charge in [0.15, 0.2) is 0 Å². The van der Waals surface area contributed by atoms with Gasteiger partial charge in [0.05, 0.1) is 0 Å². The van der Waals surface area contributed by atoms with Gasteiger partial charge in [-0.05, 0) is 26.2 Å². The summed E-state index contributed by atoms with van der Waals surface area (Å²) in [5.74, 6) is 0.0819. The SMILES string of the molecule is CCN(CCCO)C(=O)C1CCCO1. The lowest BCUT2D eigenvalue weighted by molar-refractivity contribution is -0.140. The van der Waals surface area contributed by atoms with Crippen LogP contribution >= 0.6 is 0 Å². The molecule has 1 atom stereocenters.